The third kappa shape index (κ3) is 44.4. The summed E-state index contributed by atoms with van der Waals surface area (Å²) < 4.78 is 10.5. The van der Waals surface area contributed by atoms with E-state index < -0.39 is 0 Å². The summed E-state index contributed by atoms with van der Waals surface area (Å²) in [6.07, 6.45) is 0.680. The van der Waals surface area contributed by atoms with Gasteiger partial charge in [-0.2, -0.15) is 0 Å². The summed E-state index contributed by atoms with van der Waals surface area (Å²) in [6, 6.07) is 0.543. The summed E-state index contributed by atoms with van der Waals surface area (Å²) in [4.78, 5) is 0. The van der Waals surface area contributed by atoms with Gasteiger partial charge in [-0.25, -0.2) is 0 Å². The fourth-order valence-electron chi connectivity index (χ4n) is 1.35. The molecule has 3 heteroatoms. The van der Waals surface area contributed by atoms with Crippen LogP contribution in [0.25, 0.3) is 0 Å². The second kappa shape index (κ2) is 22.3. The summed E-state index contributed by atoms with van der Waals surface area (Å²) in [5, 5.41) is 3.23. The number of nitrogens with one attached hydrogen (secondary N) is 1. The average Bonchev–Trinajstić information content (AvgIpc) is 2.54. The molecule has 0 aliphatic carbocycles. The molecular weight excluding hydrogens is 346 g/mol. The van der Waals surface area contributed by atoms with Gasteiger partial charge in [-0.1, -0.05) is 65.2 Å². The van der Waals surface area contributed by atoms with Crippen LogP contribution < -0.4 is 5.32 Å². The summed E-state index contributed by atoms with van der Waals surface area (Å²) in [5.74, 6) is 13.7. The van der Waals surface area contributed by atoms with Crippen LogP contribution in [0.15, 0.2) is 0 Å². The lowest BCUT2D eigenvalue weighted by atomic mass is 10.2. The van der Waals surface area contributed by atoms with E-state index in [9.17, 15) is 0 Å². The largest absolute Gasteiger partial charge is 0.379 e. The van der Waals surface area contributed by atoms with Gasteiger partial charge < -0.3 is 14.8 Å². The quantitative estimate of drug-likeness (QED) is 0.554. The minimum atomic E-state index is 0.293. The number of hydrogen-bond acceptors (Lipinski definition) is 3. The van der Waals surface area contributed by atoms with Gasteiger partial charge in [0.25, 0.3) is 0 Å². The maximum atomic E-state index is 5.30. The lowest BCUT2D eigenvalue weighted by Gasteiger charge is -2.08. The zero-order chi connectivity index (χ0) is 22.5. The predicted molar refractivity (Wildman–Crippen MR) is 125 cm³/mol. The van der Waals surface area contributed by atoms with Crippen LogP contribution in [0.5, 0.6) is 0 Å². The highest BCUT2D eigenvalue weighted by Crippen LogP contribution is 1.95. The van der Waals surface area contributed by atoms with Gasteiger partial charge in [0.2, 0.25) is 0 Å². The Bertz CT molecular complexity index is 387. The number of ether oxygens (including phenoxy) is 2. The van der Waals surface area contributed by atoms with Crippen molar-refractivity contribution in [2.24, 2.45) is 17.8 Å². The van der Waals surface area contributed by atoms with Crippen molar-refractivity contribution in [1.82, 2.24) is 5.32 Å². The van der Waals surface area contributed by atoms with Crippen LogP contribution in [0.2, 0.25) is 0 Å². The van der Waals surface area contributed by atoms with E-state index in [0.29, 0.717) is 42.6 Å². The highest BCUT2D eigenvalue weighted by Gasteiger charge is 1.95. The molecule has 0 radical (unpaired) electrons. The lowest BCUT2D eigenvalue weighted by Crippen LogP contribution is -2.22. The third-order valence-corrected chi connectivity index (χ3v) is 2.63. The van der Waals surface area contributed by atoms with Gasteiger partial charge in [0.05, 0.1) is 18.8 Å². The van der Waals surface area contributed by atoms with Crippen molar-refractivity contribution in [2.45, 2.75) is 101 Å². The molecule has 0 rings (SSSR count). The molecule has 0 aromatic carbocycles. The first-order chi connectivity index (χ1) is 12.9. The van der Waals surface area contributed by atoms with Gasteiger partial charge >= 0.3 is 0 Å². The zero-order valence-electron chi connectivity index (χ0n) is 20.9. The molecule has 3 nitrogen and oxygen atoms in total. The highest BCUT2D eigenvalue weighted by molar-refractivity contribution is 5.03. The molecule has 0 bridgehead atoms. The Labute approximate surface area is 177 Å². The molecule has 28 heavy (non-hydrogen) atoms. The van der Waals surface area contributed by atoms with Gasteiger partial charge in [0.15, 0.2) is 0 Å². The summed E-state index contributed by atoms with van der Waals surface area (Å²) in [5.41, 5.74) is 0. The van der Waals surface area contributed by atoms with Gasteiger partial charge in [0.1, 0.15) is 6.61 Å². The van der Waals surface area contributed by atoms with Crippen molar-refractivity contribution >= 4 is 0 Å². The number of rotatable bonds is 7. The fraction of sp³-hybridized carbons (Fsp3) is 0.840. The van der Waals surface area contributed by atoms with E-state index in [1.165, 1.54) is 0 Å². The SMILES string of the molecule is CC(C)C#CCNC(C)C.CC(C)C#CCOC(C)C.CC(C)COC(C)C. The standard InChI is InChI=1S/C9H17N.C9H16O.C7H16O/c2*1-8(2)6-5-7-10-9(3)4;1-6(2)5-8-7(3)4/h8-10H,7H2,1-4H3;8-9H,7H2,1-4H3;6-7H,5H2,1-4H3. The van der Waals surface area contributed by atoms with Gasteiger partial charge in [-0.3, -0.25) is 0 Å². The first-order valence-corrected chi connectivity index (χ1v) is 10.8. The van der Waals surface area contributed by atoms with Crippen LogP contribution in [0.4, 0.5) is 0 Å². The molecule has 0 aromatic heterocycles. The highest BCUT2D eigenvalue weighted by atomic mass is 16.5. The van der Waals surface area contributed by atoms with Crippen LogP contribution in [0, 0.1) is 41.4 Å². The molecule has 0 aromatic rings. The molecule has 0 heterocycles. The van der Waals surface area contributed by atoms with Crippen LogP contribution in [0.1, 0.15) is 83.1 Å². The fourth-order valence-corrected chi connectivity index (χ4v) is 1.35. The second-order valence-electron chi connectivity index (χ2n) is 8.62. The average molecular weight is 396 g/mol. The van der Waals surface area contributed by atoms with E-state index in [-0.39, 0.29) is 0 Å². The maximum absolute atomic E-state index is 5.30. The summed E-state index contributed by atoms with van der Waals surface area (Å²) >= 11 is 0. The smallest absolute Gasteiger partial charge is 0.108 e. The second-order valence-corrected chi connectivity index (χ2v) is 8.62. The molecule has 0 aliphatic heterocycles. The van der Waals surface area contributed by atoms with Gasteiger partial charge in [0, 0.05) is 24.5 Å². The van der Waals surface area contributed by atoms with Crippen LogP contribution >= 0.6 is 0 Å². The summed E-state index contributed by atoms with van der Waals surface area (Å²) in [7, 11) is 0. The van der Waals surface area contributed by atoms with E-state index in [2.05, 4.69) is 98.2 Å². The Morgan fingerprint density at radius 3 is 1.43 bits per heavy atom. The molecule has 0 unspecified atom stereocenters. The van der Waals surface area contributed by atoms with Gasteiger partial charge in [-0.05, 0) is 47.5 Å². The monoisotopic (exact) mass is 395 g/mol. The van der Waals surface area contributed by atoms with E-state index in [1.54, 1.807) is 0 Å². The molecule has 0 saturated heterocycles. The van der Waals surface area contributed by atoms with Crippen molar-refractivity contribution in [1.29, 1.82) is 0 Å². The molecule has 0 spiro atoms. The Balaban J connectivity index is -0.000000337. The van der Waals surface area contributed by atoms with Crippen molar-refractivity contribution < 1.29 is 9.47 Å². The van der Waals surface area contributed by atoms with Crippen molar-refractivity contribution in [3.63, 3.8) is 0 Å². The zero-order valence-corrected chi connectivity index (χ0v) is 20.9. The minimum Gasteiger partial charge on any atom is -0.379 e. The van der Waals surface area contributed by atoms with Crippen LogP contribution in [0.3, 0.4) is 0 Å². The predicted octanol–water partition coefficient (Wildman–Crippen LogP) is 5.78. The first-order valence-electron chi connectivity index (χ1n) is 10.8. The Hall–Kier alpha value is -1.00. The molecule has 0 saturated carbocycles. The normalized spacial score (nSPS) is 10.2. The topological polar surface area (TPSA) is 30.5 Å². The third-order valence-electron chi connectivity index (χ3n) is 2.63. The van der Waals surface area contributed by atoms with E-state index in [0.717, 1.165) is 13.2 Å². The van der Waals surface area contributed by atoms with Crippen molar-refractivity contribution in [3.8, 4) is 23.7 Å². The molecule has 0 amide bonds. The Morgan fingerprint density at radius 1 is 0.643 bits per heavy atom. The Morgan fingerprint density at radius 2 is 1.11 bits per heavy atom. The van der Waals surface area contributed by atoms with Crippen LogP contribution in [-0.2, 0) is 9.47 Å². The van der Waals surface area contributed by atoms with Crippen molar-refractivity contribution in [2.75, 3.05) is 19.8 Å². The Kier molecular flexibility index (Phi) is 25.2. The molecular formula is C25H49NO2. The lowest BCUT2D eigenvalue weighted by molar-refractivity contribution is 0.0593. The minimum absolute atomic E-state index is 0.293. The first kappa shape index (κ1) is 31.7. The maximum Gasteiger partial charge on any atom is 0.108 e. The van der Waals surface area contributed by atoms with Crippen LogP contribution in [-0.4, -0.2) is 38.0 Å². The molecule has 0 atom stereocenters. The van der Waals surface area contributed by atoms with E-state index in [4.69, 9.17) is 9.47 Å². The number of hydrogen-bond donors (Lipinski definition) is 1. The summed E-state index contributed by atoms with van der Waals surface area (Å²) in [6.45, 7) is 27.3. The molecule has 0 aliphatic rings. The van der Waals surface area contributed by atoms with E-state index in [1.807, 2.05) is 13.8 Å². The van der Waals surface area contributed by atoms with E-state index >= 15 is 0 Å². The van der Waals surface area contributed by atoms with Crippen molar-refractivity contribution in [3.05, 3.63) is 0 Å². The molecule has 1 N–H and O–H groups in total. The molecule has 166 valence electrons. The van der Waals surface area contributed by atoms with Gasteiger partial charge in [-0.15, -0.1) is 0 Å². The molecule has 0 fully saturated rings.